The second-order valence-corrected chi connectivity index (χ2v) is 6.07. The Kier molecular flexibility index (Phi) is 5.82. The van der Waals surface area contributed by atoms with E-state index >= 15 is 0 Å². The Morgan fingerprint density at radius 3 is 2.85 bits per heavy atom. The van der Waals surface area contributed by atoms with Crippen molar-refractivity contribution < 1.29 is 4.39 Å². The lowest BCUT2D eigenvalue weighted by atomic mass is 9.89. The van der Waals surface area contributed by atoms with Gasteiger partial charge in [-0.25, -0.2) is 4.39 Å². The molecule has 4 heteroatoms. The largest absolute Gasteiger partial charge is 0.330 e. The molecule has 1 aliphatic rings. The van der Waals surface area contributed by atoms with Gasteiger partial charge in [-0.05, 0) is 56.9 Å². The molecule has 0 bridgehead atoms. The lowest BCUT2D eigenvalue weighted by Gasteiger charge is -2.35. The van der Waals surface area contributed by atoms with E-state index in [2.05, 4.69) is 11.8 Å². The van der Waals surface area contributed by atoms with Gasteiger partial charge in [0.25, 0.3) is 0 Å². The summed E-state index contributed by atoms with van der Waals surface area (Å²) in [5.74, 6) is 0.115. The van der Waals surface area contributed by atoms with Crippen LogP contribution in [0.15, 0.2) is 18.2 Å². The van der Waals surface area contributed by atoms with Gasteiger partial charge in [-0.3, -0.25) is 4.90 Å². The Morgan fingerprint density at radius 1 is 1.40 bits per heavy atom. The number of benzene rings is 1. The standard InChI is InChI=1S/C16H24ClFN2/c1-2-8-20-9-4-3-5-12(11-19)16(20)14-7-6-13(17)10-15(14)18/h6-7,10,12,16H,2-5,8-9,11,19H2,1H3. The van der Waals surface area contributed by atoms with E-state index in [-0.39, 0.29) is 11.9 Å². The third-order valence-corrected chi connectivity index (χ3v) is 4.44. The second-order valence-electron chi connectivity index (χ2n) is 5.64. The topological polar surface area (TPSA) is 29.3 Å². The highest BCUT2D eigenvalue weighted by atomic mass is 35.5. The monoisotopic (exact) mass is 298 g/mol. The van der Waals surface area contributed by atoms with Crippen molar-refractivity contribution >= 4 is 11.6 Å². The summed E-state index contributed by atoms with van der Waals surface area (Å²) in [5.41, 5.74) is 6.71. The first-order valence-corrected chi connectivity index (χ1v) is 7.94. The first-order valence-electron chi connectivity index (χ1n) is 7.56. The fraction of sp³-hybridized carbons (Fsp3) is 0.625. The quantitative estimate of drug-likeness (QED) is 0.910. The number of hydrogen-bond donors (Lipinski definition) is 1. The van der Waals surface area contributed by atoms with Gasteiger partial charge in [-0.15, -0.1) is 0 Å². The third-order valence-electron chi connectivity index (χ3n) is 4.20. The summed E-state index contributed by atoms with van der Waals surface area (Å²) in [7, 11) is 0. The molecular formula is C16H24ClFN2. The van der Waals surface area contributed by atoms with Gasteiger partial charge in [0.15, 0.2) is 0 Å². The van der Waals surface area contributed by atoms with Crippen molar-refractivity contribution in [3.05, 3.63) is 34.6 Å². The van der Waals surface area contributed by atoms with Gasteiger partial charge in [0.1, 0.15) is 5.82 Å². The molecule has 1 aliphatic heterocycles. The normalized spacial score (nSPS) is 24.6. The zero-order valence-corrected chi connectivity index (χ0v) is 12.9. The SMILES string of the molecule is CCCN1CCCCC(CN)C1c1ccc(Cl)cc1F. The minimum absolute atomic E-state index is 0.0831. The van der Waals surface area contributed by atoms with E-state index in [4.69, 9.17) is 17.3 Å². The summed E-state index contributed by atoms with van der Waals surface area (Å²) >= 11 is 5.88. The zero-order chi connectivity index (χ0) is 14.5. The summed E-state index contributed by atoms with van der Waals surface area (Å²) in [6.45, 7) is 4.78. The molecule has 1 fully saturated rings. The van der Waals surface area contributed by atoms with Crippen LogP contribution in [0.1, 0.15) is 44.2 Å². The zero-order valence-electron chi connectivity index (χ0n) is 12.1. The molecule has 0 aromatic heterocycles. The van der Waals surface area contributed by atoms with Gasteiger partial charge >= 0.3 is 0 Å². The summed E-state index contributed by atoms with van der Waals surface area (Å²) in [6.07, 6.45) is 4.49. The fourth-order valence-corrected chi connectivity index (χ4v) is 3.45. The summed E-state index contributed by atoms with van der Waals surface area (Å²) in [5, 5.41) is 0.450. The third kappa shape index (κ3) is 3.51. The highest BCUT2D eigenvalue weighted by Gasteiger charge is 2.31. The van der Waals surface area contributed by atoms with Crippen LogP contribution >= 0.6 is 11.6 Å². The Labute approximate surface area is 126 Å². The molecule has 1 heterocycles. The van der Waals surface area contributed by atoms with Crippen LogP contribution in [0, 0.1) is 11.7 Å². The van der Waals surface area contributed by atoms with Crippen molar-refractivity contribution in [3.8, 4) is 0 Å². The van der Waals surface area contributed by atoms with Crippen LogP contribution in [-0.4, -0.2) is 24.5 Å². The van der Waals surface area contributed by atoms with Crippen molar-refractivity contribution in [2.75, 3.05) is 19.6 Å². The number of halogens is 2. The minimum Gasteiger partial charge on any atom is -0.330 e. The highest BCUT2D eigenvalue weighted by Crippen LogP contribution is 2.36. The van der Waals surface area contributed by atoms with E-state index in [0.717, 1.165) is 31.5 Å². The molecule has 0 aliphatic carbocycles. The van der Waals surface area contributed by atoms with Crippen molar-refractivity contribution in [2.24, 2.45) is 11.7 Å². The number of nitrogens with zero attached hydrogens (tertiary/aromatic N) is 1. The van der Waals surface area contributed by atoms with Crippen molar-refractivity contribution in [1.29, 1.82) is 0 Å². The van der Waals surface area contributed by atoms with E-state index in [1.165, 1.54) is 18.9 Å². The van der Waals surface area contributed by atoms with Crippen LogP contribution < -0.4 is 5.73 Å². The lowest BCUT2D eigenvalue weighted by molar-refractivity contribution is 0.155. The summed E-state index contributed by atoms with van der Waals surface area (Å²) in [6, 6.07) is 5.11. The van der Waals surface area contributed by atoms with Crippen LogP contribution in [0.2, 0.25) is 5.02 Å². The molecule has 2 unspecified atom stereocenters. The molecule has 0 saturated carbocycles. The maximum absolute atomic E-state index is 14.3. The van der Waals surface area contributed by atoms with Gasteiger partial charge in [0, 0.05) is 16.6 Å². The number of hydrogen-bond acceptors (Lipinski definition) is 2. The number of likely N-dealkylation sites (tertiary alicyclic amines) is 1. The summed E-state index contributed by atoms with van der Waals surface area (Å²) in [4.78, 5) is 2.40. The molecule has 2 rings (SSSR count). The predicted molar refractivity (Wildman–Crippen MR) is 82.4 cm³/mol. The summed E-state index contributed by atoms with van der Waals surface area (Å²) < 4.78 is 14.3. The van der Waals surface area contributed by atoms with Gasteiger partial charge in [-0.2, -0.15) is 0 Å². The lowest BCUT2D eigenvalue weighted by Crippen LogP contribution is -2.36. The van der Waals surface area contributed by atoms with Crippen LogP contribution in [0.4, 0.5) is 4.39 Å². The molecule has 1 aromatic rings. The maximum Gasteiger partial charge on any atom is 0.129 e. The Hall–Kier alpha value is -0.640. The molecule has 2 N–H and O–H groups in total. The van der Waals surface area contributed by atoms with E-state index in [0.29, 0.717) is 17.5 Å². The van der Waals surface area contributed by atoms with Gasteiger partial charge < -0.3 is 5.73 Å². The molecule has 0 radical (unpaired) electrons. The second kappa shape index (κ2) is 7.39. The smallest absolute Gasteiger partial charge is 0.129 e. The molecular weight excluding hydrogens is 275 g/mol. The predicted octanol–water partition coefficient (Wildman–Crippen LogP) is 3.99. The van der Waals surface area contributed by atoms with E-state index in [9.17, 15) is 4.39 Å². The first kappa shape index (κ1) is 15.7. The van der Waals surface area contributed by atoms with E-state index < -0.39 is 0 Å². The Balaban J connectivity index is 2.37. The Bertz CT molecular complexity index is 438. The van der Waals surface area contributed by atoms with Gasteiger partial charge in [-0.1, -0.05) is 31.0 Å². The molecule has 2 nitrogen and oxygen atoms in total. The van der Waals surface area contributed by atoms with Gasteiger partial charge in [0.2, 0.25) is 0 Å². The molecule has 20 heavy (non-hydrogen) atoms. The highest BCUT2D eigenvalue weighted by molar-refractivity contribution is 6.30. The van der Waals surface area contributed by atoms with Crippen LogP contribution in [0.5, 0.6) is 0 Å². The van der Waals surface area contributed by atoms with E-state index in [1.54, 1.807) is 6.07 Å². The van der Waals surface area contributed by atoms with Crippen molar-refractivity contribution in [3.63, 3.8) is 0 Å². The first-order chi connectivity index (χ1) is 9.67. The average Bonchev–Trinajstić information content (AvgIpc) is 2.62. The van der Waals surface area contributed by atoms with Crippen molar-refractivity contribution in [2.45, 2.75) is 38.6 Å². The fourth-order valence-electron chi connectivity index (χ4n) is 3.29. The van der Waals surface area contributed by atoms with Crippen LogP contribution in [-0.2, 0) is 0 Å². The molecule has 2 atom stereocenters. The van der Waals surface area contributed by atoms with Crippen molar-refractivity contribution in [1.82, 2.24) is 4.90 Å². The number of nitrogens with two attached hydrogens (primary N) is 1. The molecule has 112 valence electrons. The Morgan fingerprint density at radius 2 is 2.20 bits per heavy atom. The van der Waals surface area contributed by atoms with Gasteiger partial charge in [0.05, 0.1) is 0 Å². The van der Waals surface area contributed by atoms with Crippen LogP contribution in [0.25, 0.3) is 0 Å². The van der Waals surface area contributed by atoms with E-state index in [1.807, 2.05) is 6.07 Å². The molecule has 0 amide bonds. The molecule has 1 aromatic carbocycles. The minimum atomic E-state index is -0.205. The number of rotatable bonds is 4. The molecule has 0 spiro atoms. The molecule has 1 saturated heterocycles. The van der Waals surface area contributed by atoms with Crippen LogP contribution in [0.3, 0.4) is 0 Å². The maximum atomic E-state index is 14.3. The average molecular weight is 299 g/mol.